The first-order valence-corrected chi connectivity index (χ1v) is 8.90. The summed E-state index contributed by atoms with van der Waals surface area (Å²) in [5.41, 5.74) is 0. The van der Waals surface area contributed by atoms with E-state index in [1.807, 2.05) is 0 Å². The molecule has 0 saturated heterocycles. The van der Waals surface area contributed by atoms with Crippen LogP contribution in [0.5, 0.6) is 0 Å². The summed E-state index contributed by atoms with van der Waals surface area (Å²) in [7, 11) is 0. The topological polar surface area (TPSA) is 26.3 Å². The van der Waals surface area contributed by atoms with E-state index in [0.717, 1.165) is 25.7 Å². The number of hydrogen-bond donors (Lipinski definition) is 0. The third-order valence-corrected chi connectivity index (χ3v) is 3.91. The van der Waals surface area contributed by atoms with Crippen LogP contribution in [0.1, 0.15) is 97.3 Å². The van der Waals surface area contributed by atoms with Gasteiger partial charge in [0.25, 0.3) is 0 Å². The molecule has 0 radical (unpaired) electrons. The van der Waals surface area contributed by atoms with Crippen molar-refractivity contribution >= 4 is 44.0 Å². The molecule has 0 aromatic heterocycles. The predicted molar refractivity (Wildman–Crippen MR) is 95.7 cm³/mol. The summed E-state index contributed by atoms with van der Waals surface area (Å²) in [6.45, 7) is 5.27. The van der Waals surface area contributed by atoms with Crippen molar-refractivity contribution < 1.29 is 9.53 Å². The molecular weight excluding hydrogens is 288 g/mol. The zero-order chi connectivity index (χ0) is 14.9. The van der Waals surface area contributed by atoms with Gasteiger partial charge in [-0.3, -0.25) is 0 Å². The SMILES string of the molecule is CCCCCCCCCCCCOC(CC)CCC=O.[CaH2]. The molecule has 0 fully saturated rings. The van der Waals surface area contributed by atoms with E-state index in [0.29, 0.717) is 12.5 Å². The summed E-state index contributed by atoms with van der Waals surface area (Å²) in [6.07, 6.45) is 17.4. The second-order valence-electron chi connectivity index (χ2n) is 5.83. The number of aldehydes is 1. The van der Waals surface area contributed by atoms with E-state index in [2.05, 4.69) is 13.8 Å². The Kier molecular flexibility index (Phi) is 24.0. The van der Waals surface area contributed by atoms with E-state index < -0.39 is 0 Å². The molecule has 124 valence electrons. The Morgan fingerprint density at radius 3 is 1.86 bits per heavy atom. The van der Waals surface area contributed by atoms with Crippen molar-refractivity contribution in [2.45, 2.75) is 103 Å². The number of hydrogen-bond acceptors (Lipinski definition) is 2. The number of unbranched alkanes of at least 4 members (excludes halogenated alkanes) is 9. The standard InChI is InChI=1S/C18H36O2.Ca.2H/c1-3-5-6-7-8-9-10-11-12-13-17-20-18(4-2)15-14-16-19;;;/h16,18H,3-15,17H2,1-2H3;;;. The molecule has 0 rings (SSSR count). The molecule has 0 aliphatic carbocycles. The van der Waals surface area contributed by atoms with Crippen LogP contribution in [0.15, 0.2) is 0 Å². The molecule has 0 bridgehead atoms. The minimum atomic E-state index is 0. The Morgan fingerprint density at radius 2 is 1.38 bits per heavy atom. The van der Waals surface area contributed by atoms with Gasteiger partial charge >= 0.3 is 37.7 Å². The molecule has 0 N–H and O–H groups in total. The molecule has 1 atom stereocenters. The van der Waals surface area contributed by atoms with Gasteiger partial charge in [0.05, 0.1) is 6.10 Å². The van der Waals surface area contributed by atoms with Crippen molar-refractivity contribution in [2.75, 3.05) is 6.61 Å². The fourth-order valence-electron chi connectivity index (χ4n) is 2.50. The Labute approximate surface area is 162 Å². The normalized spacial score (nSPS) is 11.9. The van der Waals surface area contributed by atoms with Crippen LogP contribution >= 0.6 is 0 Å². The summed E-state index contributed by atoms with van der Waals surface area (Å²) in [4.78, 5) is 10.3. The number of carbonyl (C=O) groups is 1. The van der Waals surface area contributed by atoms with Gasteiger partial charge in [-0.2, -0.15) is 0 Å². The van der Waals surface area contributed by atoms with Crippen LogP contribution in [-0.4, -0.2) is 56.7 Å². The number of rotatable bonds is 16. The van der Waals surface area contributed by atoms with Crippen LogP contribution < -0.4 is 0 Å². The molecule has 21 heavy (non-hydrogen) atoms. The van der Waals surface area contributed by atoms with Gasteiger partial charge in [-0.05, 0) is 19.3 Å². The summed E-state index contributed by atoms with van der Waals surface area (Å²) in [5, 5.41) is 0. The van der Waals surface area contributed by atoms with Crippen molar-refractivity contribution in [3.05, 3.63) is 0 Å². The Hall–Kier alpha value is 0.890. The molecule has 0 heterocycles. The van der Waals surface area contributed by atoms with Gasteiger partial charge in [0, 0.05) is 13.0 Å². The van der Waals surface area contributed by atoms with E-state index >= 15 is 0 Å². The van der Waals surface area contributed by atoms with Crippen molar-refractivity contribution in [1.82, 2.24) is 0 Å². The second kappa shape index (κ2) is 20.9. The van der Waals surface area contributed by atoms with Crippen LogP contribution in [0.2, 0.25) is 0 Å². The van der Waals surface area contributed by atoms with Crippen LogP contribution in [0.3, 0.4) is 0 Å². The molecule has 1 unspecified atom stereocenters. The summed E-state index contributed by atoms with van der Waals surface area (Å²) >= 11 is 0. The Balaban J connectivity index is 0. The van der Waals surface area contributed by atoms with Crippen molar-refractivity contribution in [3.63, 3.8) is 0 Å². The number of carbonyl (C=O) groups excluding carboxylic acids is 1. The molecule has 0 spiro atoms. The van der Waals surface area contributed by atoms with E-state index in [9.17, 15) is 4.79 Å². The molecule has 3 heteroatoms. The fourth-order valence-corrected chi connectivity index (χ4v) is 2.50. The third-order valence-electron chi connectivity index (χ3n) is 3.91. The minimum absolute atomic E-state index is 0. The summed E-state index contributed by atoms with van der Waals surface area (Å²) < 4.78 is 5.81. The van der Waals surface area contributed by atoms with E-state index in [-0.39, 0.29) is 37.7 Å². The monoisotopic (exact) mass is 326 g/mol. The van der Waals surface area contributed by atoms with Crippen LogP contribution in [0, 0.1) is 0 Å². The maximum absolute atomic E-state index is 10.3. The quantitative estimate of drug-likeness (QED) is 0.232. The zero-order valence-corrected chi connectivity index (χ0v) is 13.9. The molecule has 0 aliphatic rings. The first-order valence-electron chi connectivity index (χ1n) is 8.90. The molecule has 0 aromatic rings. The first kappa shape index (κ1) is 24.1. The number of ether oxygens (including phenoxy) is 1. The molecule has 0 aliphatic heterocycles. The van der Waals surface area contributed by atoms with Crippen molar-refractivity contribution in [2.24, 2.45) is 0 Å². The Morgan fingerprint density at radius 1 is 0.857 bits per heavy atom. The van der Waals surface area contributed by atoms with Gasteiger partial charge < -0.3 is 9.53 Å². The van der Waals surface area contributed by atoms with Gasteiger partial charge in [0.2, 0.25) is 0 Å². The Bertz CT molecular complexity index is 198. The van der Waals surface area contributed by atoms with Crippen LogP contribution in [0.4, 0.5) is 0 Å². The van der Waals surface area contributed by atoms with Crippen molar-refractivity contribution in [3.8, 4) is 0 Å². The van der Waals surface area contributed by atoms with Crippen LogP contribution in [0.25, 0.3) is 0 Å². The predicted octanol–water partition coefficient (Wildman–Crippen LogP) is 4.77. The van der Waals surface area contributed by atoms with Gasteiger partial charge in [-0.1, -0.05) is 71.6 Å². The summed E-state index contributed by atoms with van der Waals surface area (Å²) in [6, 6.07) is 0. The first-order chi connectivity index (χ1) is 9.85. The van der Waals surface area contributed by atoms with Gasteiger partial charge in [-0.15, -0.1) is 0 Å². The molecular formula is C18H38CaO2. The summed E-state index contributed by atoms with van der Waals surface area (Å²) in [5.74, 6) is 0. The van der Waals surface area contributed by atoms with E-state index in [1.54, 1.807) is 0 Å². The molecule has 0 amide bonds. The van der Waals surface area contributed by atoms with Gasteiger partial charge in [0.1, 0.15) is 6.29 Å². The van der Waals surface area contributed by atoms with Crippen LogP contribution in [-0.2, 0) is 9.53 Å². The molecule has 0 saturated carbocycles. The zero-order valence-electron chi connectivity index (χ0n) is 13.9. The average molecular weight is 327 g/mol. The fraction of sp³-hybridized carbons (Fsp3) is 0.944. The van der Waals surface area contributed by atoms with E-state index in [4.69, 9.17) is 4.74 Å². The van der Waals surface area contributed by atoms with Gasteiger partial charge in [0.15, 0.2) is 0 Å². The van der Waals surface area contributed by atoms with Gasteiger partial charge in [-0.25, -0.2) is 0 Å². The molecule has 2 nitrogen and oxygen atoms in total. The third kappa shape index (κ3) is 18.8. The average Bonchev–Trinajstić information content (AvgIpc) is 2.48. The molecule has 0 aromatic carbocycles. The van der Waals surface area contributed by atoms with Crippen molar-refractivity contribution in [1.29, 1.82) is 0 Å². The maximum atomic E-state index is 10.3. The van der Waals surface area contributed by atoms with E-state index in [1.165, 1.54) is 64.2 Å². The second-order valence-corrected chi connectivity index (χ2v) is 5.83.